The molecule has 0 aromatic heterocycles. The van der Waals surface area contributed by atoms with Crippen LogP contribution in [0, 0.1) is 5.82 Å². The molecule has 0 aliphatic carbocycles. The predicted molar refractivity (Wildman–Crippen MR) is 120 cm³/mol. The van der Waals surface area contributed by atoms with Crippen LogP contribution in [0.5, 0.6) is 11.5 Å². The summed E-state index contributed by atoms with van der Waals surface area (Å²) in [5.74, 6) is 1.02. The summed E-state index contributed by atoms with van der Waals surface area (Å²) in [6.45, 7) is 8.57. The third kappa shape index (κ3) is 4.07. The number of hydrogen-bond acceptors (Lipinski definition) is 3. The van der Waals surface area contributed by atoms with Crippen molar-refractivity contribution < 1.29 is 18.7 Å². The SMILES string of the molecule is CC(C)c1c(C=O)c(-c2ccc(F)cc2)c(OCc2ccccc2)c2c1CC(C)(C)O2. The Morgan fingerprint density at radius 2 is 1.77 bits per heavy atom. The van der Waals surface area contributed by atoms with Gasteiger partial charge >= 0.3 is 0 Å². The number of halogens is 1. The number of benzene rings is 3. The highest BCUT2D eigenvalue weighted by molar-refractivity contribution is 5.95. The molecule has 0 bridgehead atoms. The fraction of sp³-hybridized carbons (Fsp3) is 0.296. The molecule has 4 heteroatoms. The standard InChI is InChI=1S/C27H27FO3/c1-17(2)23-21-14-27(3,4)31-25(21)26(30-16-18-8-6-5-7-9-18)24(22(23)15-29)19-10-12-20(28)13-11-19/h5-13,15,17H,14,16H2,1-4H3. The topological polar surface area (TPSA) is 35.5 Å². The quantitative estimate of drug-likeness (QED) is 0.417. The molecule has 0 spiro atoms. The lowest BCUT2D eigenvalue weighted by Crippen LogP contribution is -2.25. The van der Waals surface area contributed by atoms with Gasteiger partial charge < -0.3 is 9.47 Å². The van der Waals surface area contributed by atoms with Crippen LogP contribution in [0.4, 0.5) is 4.39 Å². The van der Waals surface area contributed by atoms with Gasteiger partial charge in [0.15, 0.2) is 17.8 Å². The molecular weight excluding hydrogens is 391 g/mol. The monoisotopic (exact) mass is 418 g/mol. The number of carbonyl (C=O) groups excluding carboxylic acids is 1. The van der Waals surface area contributed by atoms with Crippen LogP contribution in [-0.2, 0) is 13.0 Å². The zero-order valence-corrected chi connectivity index (χ0v) is 18.4. The Balaban J connectivity index is 1.97. The summed E-state index contributed by atoms with van der Waals surface area (Å²) in [5, 5.41) is 0. The molecule has 0 saturated heterocycles. The zero-order chi connectivity index (χ0) is 22.2. The predicted octanol–water partition coefficient (Wildman–Crippen LogP) is 6.72. The Morgan fingerprint density at radius 1 is 1.10 bits per heavy atom. The van der Waals surface area contributed by atoms with E-state index >= 15 is 0 Å². The van der Waals surface area contributed by atoms with Gasteiger partial charge in [0.2, 0.25) is 0 Å². The average Bonchev–Trinajstić information content (AvgIpc) is 3.06. The first-order valence-corrected chi connectivity index (χ1v) is 10.6. The van der Waals surface area contributed by atoms with Crippen molar-refractivity contribution in [1.29, 1.82) is 0 Å². The van der Waals surface area contributed by atoms with Crippen molar-refractivity contribution in [3.63, 3.8) is 0 Å². The summed E-state index contributed by atoms with van der Waals surface area (Å²) in [6.07, 6.45) is 1.59. The first-order valence-electron chi connectivity index (χ1n) is 10.6. The summed E-state index contributed by atoms with van der Waals surface area (Å²) in [5.41, 5.74) is 4.58. The second-order valence-electron chi connectivity index (χ2n) is 8.93. The minimum Gasteiger partial charge on any atom is -0.484 e. The van der Waals surface area contributed by atoms with Gasteiger partial charge in [0.1, 0.15) is 18.0 Å². The van der Waals surface area contributed by atoms with Gasteiger partial charge in [-0.2, -0.15) is 0 Å². The maximum Gasteiger partial charge on any atom is 0.170 e. The molecule has 3 nitrogen and oxygen atoms in total. The van der Waals surface area contributed by atoms with E-state index < -0.39 is 5.60 Å². The van der Waals surface area contributed by atoms with E-state index in [9.17, 15) is 9.18 Å². The van der Waals surface area contributed by atoms with Gasteiger partial charge in [0.05, 0.1) is 0 Å². The molecular formula is C27H27FO3. The van der Waals surface area contributed by atoms with E-state index in [1.807, 2.05) is 44.2 Å². The van der Waals surface area contributed by atoms with Crippen LogP contribution < -0.4 is 9.47 Å². The van der Waals surface area contributed by atoms with Crippen LogP contribution >= 0.6 is 0 Å². The maximum atomic E-state index is 13.7. The highest BCUT2D eigenvalue weighted by Gasteiger charge is 2.38. The lowest BCUT2D eigenvalue weighted by molar-refractivity contribution is 0.112. The fourth-order valence-corrected chi connectivity index (χ4v) is 4.37. The zero-order valence-electron chi connectivity index (χ0n) is 18.4. The summed E-state index contributed by atoms with van der Waals surface area (Å²) < 4.78 is 26.4. The Morgan fingerprint density at radius 3 is 2.39 bits per heavy atom. The van der Waals surface area contributed by atoms with E-state index in [1.54, 1.807) is 12.1 Å². The lowest BCUT2D eigenvalue weighted by Gasteiger charge is -2.23. The van der Waals surface area contributed by atoms with Crippen LogP contribution in [0.1, 0.15) is 60.7 Å². The molecule has 3 aromatic rings. The second-order valence-corrected chi connectivity index (χ2v) is 8.93. The van der Waals surface area contributed by atoms with Gasteiger partial charge in [-0.3, -0.25) is 4.79 Å². The first-order chi connectivity index (χ1) is 14.8. The number of aldehydes is 1. The molecule has 0 saturated carbocycles. The van der Waals surface area contributed by atoms with Gasteiger partial charge in [-0.1, -0.05) is 56.3 Å². The Bertz CT molecular complexity index is 1100. The third-order valence-electron chi connectivity index (χ3n) is 5.63. The molecule has 0 amide bonds. The lowest BCUT2D eigenvalue weighted by atomic mass is 9.83. The van der Waals surface area contributed by atoms with E-state index in [4.69, 9.17) is 9.47 Å². The summed E-state index contributed by atoms with van der Waals surface area (Å²) in [4.78, 5) is 12.4. The molecule has 0 radical (unpaired) electrons. The molecule has 160 valence electrons. The highest BCUT2D eigenvalue weighted by atomic mass is 19.1. The van der Waals surface area contributed by atoms with E-state index in [1.165, 1.54) is 12.1 Å². The number of fused-ring (bicyclic) bond motifs is 1. The number of carbonyl (C=O) groups is 1. The maximum absolute atomic E-state index is 13.7. The van der Waals surface area contributed by atoms with E-state index in [2.05, 4.69) is 13.8 Å². The van der Waals surface area contributed by atoms with E-state index in [-0.39, 0.29) is 11.7 Å². The molecule has 1 aliphatic heterocycles. The van der Waals surface area contributed by atoms with Gasteiger partial charge in [0.25, 0.3) is 0 Å². The Labute approximate surface area is 182 Å². The van der Waals surface area contributed by atoms with Crippen molar-refractivity contribution >= 4 is 6.29 Å². The molecule has 0 N–H and O–H groups in total. The molecule has 0 atom stereocenters. The highest BCUT2D eigenvalue weighted by Crippen LogP contribution is 2.52. The van der Waals surface area contributed by atoms with E-state index in [0.29, 0.717) is 35.7 Å². The smallest absolute Gasteiger partial charge is 0.170 e. The minimum absolute atomic E-state index is 0.119. The second kappa shape index (κ2) is 8.18. The largest absolute Gasteiger partial charge is 0.484 e. The van der Waals surface area contributed by atoms with Crippen LogP contribution in [0.25, 0.3) is 11.1 Å². The number of hydrogen-bond donors (Lipinski definition) is 0. The number of ether oxygens (including phenoxy) is 2. The Kier molecular flexibility index (Phi) is 5.57. The summed E-state index contributed by atoms with van der Waals surface area (Å²) >= 11 is 0. The van der Waals surface area contributed by atoms with Crippen molar-refractivity contribution in [2.75, 3.05) is 0 Å². The molecule has 1 aliphatic rings. The van der Waals surface area contributed by atoms with Crippen LogP contribution in [0.3, 0.4) is 0 Å². The average molecular weight is 419 g/mol. The molecule has 1 heterocycles. The van der Waals surface area contributed by atoms with Crippen molar-refractivity contribution in [3.8, 4) is 22.6 Å². The third-order valence-corrected chi connectivity index (χ3v) is 5.63. The van der Waals surface area contributed by atoms with Gasteiger partial charge in [-0.25, -0.2) is 4.39 Å². The van der Waals surface area contributed by atoms with Gasteiger partial charge in [-0.15, -0.1) is 0 Å². The van der Waals surface area contributed by atoms with Crippen molar-refractivity contribution in [3.05, 3.63) is 82.7 Å². The van der Waals surface area contributed by atoms with E-state index in [0.717, 1.165) is 28.5 Å². The molecule has 3 aromatic carbocycles. The number of rotatable bonds is 6. The fourth-order valence-electron chi connectivity index (χ4n) is 4.37. The Hall–Kier alpha value is -3.14. The van der Waals surface area contributed by atoms with Crippen molar-refractivity contribution in [2.24, 2.45) is 0 Å². The minimum atomic E-state index is -0.404. The van der Waals surface area contributed by atoms with Crippen molar-refractivity contribution in [2.45, 2.75) is 52.2 Å². The van der Waals surface area contributed by atoms with Gasteiger partial charge in [0, 0.05) is 23.1 Å². The first kappa shape index (κ1) is 21.1. The molecule has 0 fully saturated rings. The van der Waals surface area contributed by atoms with Crippen LogP contribution in [-0.4, -0.2) is 11.9 Å². The van der Waals surface area contributed by atoms with Crippen LogP contribution in [0.2, 0.25) is 0 Å². The summed E-state index contributed by atoms with van der Waals surface area (Å²) in [6, 6.07) is 16.0. The van der Waals surface area contributed by atoms with Crippen molar-refractivity contribution in [1.82, 2.24) is 0 Å². The molecule has 0 unspecified atom stereocenters. The van der Waals surface area contributed by atoms with Crippen LogP contribution in [0.15, 0.2) is 54.6 Å². The molecule has 4 rings (SSSR count). The molecule has 31 heavy (non-hydrogen) atoms. The normalized spacial score (nSPS) is 14.3. The summed E-state index contributed by atoms with van der Waals surface area (Å²) in [7, 11) is 0. The van der Waals surface area contributed by atoms with Gasteiger partial charge in [-0.05, 0) is 48.6 Å².